The smallest absolute Gasteiger partial charge is 0.262 e. The van der Waals surface area contributed by atoms with Crippen LogP contribution in [0.5, 0.6) is 17.2 Å². The molecular formula is C41H37N7O8. The molecule has 15 heteroatoms. The third-order valence-electron chi connectivity index (χ3n) is 11.0. The number of aromatic nitrogens is 4. The summed E-state index contributed by atoms with van der Waals surface area (Å²) >= 11 is 0. The lowest BCUT2D eigenvalue weighted by Gasteiger charge is -2.39. The van der Waals surface area contributed by atoms with E-state index in [2.05, 4.69) is 55.0 Å². The summed E-state index contributed by atoms with van der Waals surface area (Å²) < 4.78 is 23.2. The summed E-state index contributed by atoms with van der Waals surface area (Å²) in [6.45, 7) is 3.02. The first-order chi connectivity index (χ1) is 27.2. The van der Waals surface area contributed by atoms with Gasteiger partial charge in [0.05, 0.1) is 23.5 Å². The maximum Gasteiger partial charge on any atom is 0.262 e. The zero-order valence-corrected chi connectivity index (χ0v) is 30.4. The molecule has 0 spiro atoms. The molecule has 56 heavy (non-hydrogen) atoms. The molecule has 9 rings (SSSR count). The molecule has 0 radical (unpaired) electrons. The second kappa shape index (κ2) is 14.3. The molecule has 3 fully saturated rings. The van der Waals surface area contributed by atoms with Gasteiger partial charge in [-0.15, -0.1) is 0 Å². The molecule has 1 aliphatic carbocycles. The van der Waals surface area contributed by atoms with Gasteiger partial charge in [-0.05, 0) is 72.9 Å². The minimum atomic E-state index is -0.994. The molecule has 5 aromatic rings. The van der Waals surface area contributed by atoms with Gasteiger partial charge in [-0.2, -0.15) is 4.98 Å². The summed E-state index contributed by atoms with van der Waals surface area (Å²) in [5.41, 5.74) is 3.35. The summed E-state index contributed by atoms with van der Waals surface area (Å²) in [5.74, 6) is 0.978. The number of imide groups is 2. The van der Waals surface area contributed by atoms with E-state index in [9.17, 15) is 19.2 Å². The predicted molar refractivity (Wildman–Crippen MR) is 198 cm³/mol. The van der Waals surface area contributed by atoms with E-state index in [1.165, 1.54) is 11.1 Å². The molecule has 15 nitrogen and oxygen atoms in total. The predicted octanol–water partition coefficient (Wildman–Crippen LogP) is 5.15. The number of nitrogens with zero attached hydrogens (tertiary/aromatic N) is 5. The highest BCUT2D eigenvalue weighted by Gasteiger charge is 2.45. The number of amides is 4. The SMILES string of the molecule is Cc1nc(-c2ncc(Oc3ccc(C4(c5ccc(OC6CC(Nc7ccc8c(c7)C(=O)N(C7CCC(=O)NC7=O)C8=O)C6)cc5)CCOCC4)cc3)cn2)no1. The molecule has 284 valence electrons. The minimum absolute atomic E-state index is 0.0216. The van der Waals surface area contributed by atoms with E-state index >= 15 is 0 Å². The molecule has 1 atom stereocenters. The summed E-state index contributed by atoms with van der Waals surface area (Å²) in [7, 11) is 0. The maximum absolute atomic E-state index is 13.2. The summed E-state index contributed by atoms with van der Waals surface area (Å²) in [4.78, 5) is 64.0. The lowest BCUT2D eigenvalue weighted by atomic mass is 9.69. The second-order valence-electron chi connectivity index (χ2n) is 14.5. The third-order valence-corrected chi connectivity index (χ3v) is 11.0. The molecule has 1 saturated carbocycles. The molecule has 4 aliphatic rings. The van der Waals surface area contributed by atoms with Crippen molar-refractivity contribution in [2.24, 2.45) is 0 Å². The normalized spacial score (nSPS) is 21.6. The zero-order chi connectivity index (χ0) is 38.4. The average molecular weight is 756 g/mol. The number of carbonyl (C=O) groups is 4. The summed E-state index contributed by atoms with van der Waals surface area (Å²) in [6, 6.07) is 20.6. The van der Waals surface area contributed by atoms with Crippen molar-refractivity contribution in [3.63, 3.8) is 0 Å². The number of anilines is 1. The Kier molecular flexibility index (Phi) is 9.00. The van der Waals surface area contributed by atoms with Gasteiger partial charge in [0.15, 0.2) is 5.75 Å². The highest BCUT2D eigenvalue weighted by molar-refractivity contribution is 6.23. The number of benzene rings is 3. The van der Waals surface area contributed by atoms with Gasteiger partial charge in [0.2, 0.25) is 29.4 Å². The molecule has 4 amide bonds. The fourth-order valence-electron chi connectivity index (χ4n) is 7.94. The van der Waals surface area contributed by atoms with Gasteiger partial charge in [-0.1, -0.05) is 29.4 Å². The van der Waals surface area contributed by atoms with Crippen molar-refractivity contribution in [2.75, 3.05) is 18.5 Å². The standard InChI is InChI=1S/C41H37N7O8/c1-23-44-37(47-56-23)36-42-21-31(22-43-36)55-29-9-4-25(5-10-29)41(14-16-53-17-15-41)24-2-7-28(8-3-24)54-30-18-27(19-30)45-26-6-11-32-33(20-26)40(52)48(39(32)51)34-12-13-35(49)46-38(34)50/h2-11,20-22,27,30,34,45H,12-19H2,1H3,(H,46,49,50). The van der Waals surface area contributed by atoms with Gasteiger partial charge < -0.3 is 24.1 Å². The van der Waals surface area contributed by atoms with Crippen molar-refractivity contribution in [1.82, 2.24) is 30.3 Å². The molecule has 0 bridgehead atoms. The fourth-order valence-corrected chi connectivity index (χ4v) is 7.94. The van der Waals surface area contributed by atoms with Crippen LogP contribution in [0.4, 0.5) is 5.69 Å². The van der Waals surface area contributed by atoms with Crippen LogP contribution < -0.4 is 20.1 Å². The Morgan fingerprint density at radius 1 is 0.821 bits per heavy atom. The first-order valence-electron chi connectivity index (χ1n) is 18.6. The highest BCUT2D eigenvalue weighted by Crippen LogP contribution is 2.43. The van der Waals surface area contributed by atoms with Crippen LogP contribution in [0.25, 0.3) is 11.6 Å². The summed E-state index contributed by atoms with van der Waals surface area (Å²) in [5, 5.41) is 9.52. The molecule has 5 heterocycles. The highest BCUT2D eigenvalue weighted by atomic mass is 16.5. The number of carbonyl (C=O) groups excluding carboxylic acids is 4. The number of ether oxygens (including phenoxy) is 3. The Bertz CT molecular complexity index is 2320. The quantitative estimate of drug-likeness (QED) is 0.178. The Labute approximate surface area is 320 Å². The number of aryl methyl sites for hydroxylation is 1. The third kappa shape index (κ3) is 6.63. The van der Waals surface area contributed by atoms with Crippen LogP contribution in [0.2, 0.25) is 0 Å². The van der Waals surface area contributed by atoms with Gasteiger partial charge >= 0.3 is 0 Å². The van der Waals surface area contributed by atoms with Crippen LogP contribution in [0.3, 0.4) is 0 Å². The van der Waals surface area contributed by atoms with E-state index in [4.69, 9.17) is 18.7 Å². The van der Waals surface area contributed by atoms with E-state index in [-0.39, 0.29) is 41.5 Å². The van der Waals surface area contributed by atoms with E-state index in [1.807, 2.05) is 24.3 Å². The Morgan fingerprint density at radius 3 is 2.16 bits per heavy atom. The Balaban J connectivity index is 0.806. The van der Waals surface area contributed by atoms with Crippen LogP contribution in [-0.4, -0.2) is 80.0 Å². The number of fused-ring (bicyclic) bond motifs is 1. The molecule has 2 saturated heterocycles. The van der Waals surface area contributed by atoms with Crippen LogP contribution in [-0.2, 0) is 19.7 Å². The van der Waals surface area contributed by atoms with Gasteiger partial charge in [0.1, 0.15) is 23.6 Å². The number of rotatable bonds is 10. The Hall–Kier alpha value is -6.48. The van der Waals surface area contributed by atoms with Crippen molar-refractivity contribution >= 4 is 29.3 Å². The number of hydrogen-bond donors (Lipinski definition) is 2. The van der Waals surface area contributed by atoms with Crippen molar-refractivity contribution in [3.8, 4) is 28.9 Å². The Morgan fingerprint density at radius 2 is 1.50 bits per heavy atom. The number of nitrogens with one attached hydrogen (secondary N) is 2. The van der Waals surface area contributed by atoms with Crippen molar-refractivity contribution in [3.05, 3.63) is 107 Å². The van der Waals surface area contributed by atoms with Crippen LogP contribution in [0.15, 0.2) is 83.6 Å². The lowest BCUT2D eigenvalue weighted by molar-refractivity contribution is -0.136. The van der Waals surface area contributed by atoms with Gasteiger partial charge in [-0.3, -0.25) is 29.4 Å². The van der Waals surface area contributed by atoms with E-state index < -0.39 is 29.7 Å². The topological polar surface area (TPSA) is 188 Å². The van der Waals surface area contributed by atoms with Crippen LogP contribution in [0.1, 0.15) is 76.3 Å². The van der Waals surface area contributed by atoms with E-state index in [0.717, 1.165) is 36.3 Å². The van der Waals surface area contributed by atoms with E-state index in [1.54, 1.807) is 37.5 Å². The first kappa shape index (κ1) is 35.2. The van der Waals surface area contributed by atoms with Gasteiger partial charge in [0, 0.05) is 56.5 Å². The molecule has 3 aliphatic heterocycles. The van der Waals surface area contributed by atoms with E-state index in [0.29, 0.717) is 47.9 Å². The first-order valence-corrected chi connectivity index (χ1v) is 18.6. The molecule has 2 N–H and O–H groups in total. The van der Waals surface area contributed by atoms with Crippen LogP contribution in [0, 0.1) is 6.92 Å². The average Bonchev–Trinajstić information content (AvgIpc) is 3.74. The largest absolute Gasteiger partial charge is 0.490 e. The molecule has 1 unspecified atom stereocenters. The van der Waals surface area contributed by atoms with Gasteiger partial charge in [0.25, 0.3) is 11.8 Å². The van der Waals surface area contributed by atoms with Crippen molar-refractivity contribution < 1.29 is 37.9 Å². The lowest BCUT2D eigenvalue weighted by Crippen LogP contribution is -2.54. The van der Waals surface area contributed by atoms with Crippen molar-refractivity contribution in [2.45, 2.75) is 69.1 Å². The fraction of sp³-hybridized carbons (Fsp3) is 0.317. The van der Waals surface area contributed by atoms with Crippen LogP contribution >= 0.6 is 0 Å². The second-order valence-corrected chi connectivity index (χ2v) is 14.5. The number of hydrogen-bond acceptors (Lipinski definition) is 13. The van der Waals surface area contributed by atoms with Crippen molar-refractivity contribution in [1.29, 1.82) is 0 Å². The molecular weight excluding hydrogens is 718 g/mol. The monoisotopic (exact) mass is 755 g/mol. The van der Waals surface area contributed by atoms with Gasteiger partial charge in [-0.25, -0.2) is 9.97 Å². The summed E-state index contributed by atoms with van der Waals surface area (Å²) in [6.07, 6.45) is 6.57. The molecule has 3 aromatic carbocycles. The maximum atomic E-state index is 13.2. The minimum Gasteiger partial charge on any atom is -0.490 e. The molecule has 2 aromatic heterocycles. The number of piperidine rings is 1. The zero-order valence-electron chi connectivity index (χ0n) is 30.4.